The lowest BCUT2D eigenvalue weighted by atomic mass is 9.86. The number of carboxylic acids is 2. The number of rotatable bonds is 5. The molecule has 11 heteroatoms. The number of nitrogens with zero attached hydrogens (tertiary/aromatic N) is 1. The van der Waals surface area contributed by atoms with Crippen molar-refractivity contribution in [2.75, 3.05) is 7.11 Å². The summed E-state index contributed by atoms with van der Waals surface area (Å²) in [6, 6.07) is 6.18. The number of carboxylic acid groups (broad SMARTS) is 2. The summed E-state index contributed by atoms with van der Waals surface area (Å²) in [6.07, 6.45) is -1.54. The average Bonchev–Trinajstić information content (AvgIpc) is 3.08. The zero-order valence-corrected chi connectivity index (χ0v) is 16.3. The molecule has 0 unspecified atom stereocenters. The maximum atomic E-state index is 11.1. The molecule has 1 aromatic carbocycles. The maximum absolute atomic E-state index is 11.1. The van der Waals surface area contributed by atoms with Gasteiger partial charge in [-0.2, -0.15) is 13.2 Å². The van der Waals surface area contributed by atoms with Crippen molar-refractivity contribution < 1.29 is 37.7 Å². The molecule has 1 aliphatic carbocycles. The van der Waals surface area contributed by atoms with Crippen LogP contribution in [0.3, 0.4) is 0 Å². The Balaban J connectivity index is 0.000000370. The topological polar surface area (TPSA) is 109 Å². The van der Waals surface area contributed by atoms with E-state index in [-0.39, 0.29) is 12.0 Å². The molecule has 0 saturated heterocycles. The number of alkyl halides is 3. The molecule has 1 saturated carbocycles. The molecule has 29 heavy (non-hydrogen) atoms. The third kappa shape index (κ3) is 6.86. The molecule has 1 aliphatic rings. The first-order valence-electron chi connectivity index (χ1n) is 8.80. The molecule has 7 nitrogen and oxygen atoms in total. The van der Waals surface area contributed by atoms with E-state index in [2.05, 4.69) is 10.3 Å². The molecule has 0 spiro atoms. The SMILES string of the molecule is COc1ccc2sc(CN[C@@H]3CCC[C@H](C(=O)O)C3)nc2c1.O=C(O)C(F)(F)F. The highest BCUT2D eigenvalue weighted by Gasteiger charge is 2.38. The quantitative estimate of drug-likeness (QED) is 0.659. The lowest BCUT2D eigenvalue weighted by Crippen LogP contribution is -2.36. The van der Waals surface area contributed by atoms with Gasteiger partial charge in [-0.15, -0.1) is 11.3 Å². The Labute approximate surface area is 168 Å². The van der Waals surface area contributed by atoms with Crippen LogP contribution in [0.5, 0.6) is 5.75 Å². The molecule has 3 N–H and O–H groups in total. The van der Waals surface area contributed by atoms with Gasteiger partial charge >= 0.3 is 18.1 Å². The number of ether oxygens (including phenoxy) is 1. The van der Waals surface area contributed by atoms with Crippen LogP contribution in [0.15, 0.2) is 18.2 Å². The summed E-state index contributed by atoms with van der Waals surface area (Å²) >= 11 is 1.67. The number of benzene rings is 1. The van der Waals surface area contributed by atoms with Gasteiger partial charge in [0.25, 0.3) is 0 Å². The fourth-order valence-corrected chi connectivity index (χ4v) is 3.89. The van der Waals surface area contributed by atoms with Crippen LogP contribution in [-0.2, 0) is 16.1 Å². The molecule has 1 aromatic heterocycles. The highest BCUT2D eigenvalue weighted by molar-refractivity contribution is 7.18. The van der Waals surface area contributed by atoms with E-state index in [0.717, 1.165) is 40.2 Å². The minimum absolute atomic E-state index is 0.203. The van der Waals surface area contributed by atoms with Crippen molar-refractivity contribution in [1.82, 2.24) is 10.3 Å². The van der Waals surface area contributed by atoms with Crippen LogP contribution < -0.4 is 10.1 Å². The number of aliphatic carboxylic acids is 2. The fourth-order valence-electron chi connectivity index (χ4n) is 2.99. The first-order valence-corrected chi connectivity index (χ1v) is 9.61. The van der Waals surface area contributed by atoms with Crippen molar-refractivity contribution in [3.05, 3.63) is 23.2 Å². The Bertz CT molecular complexity index is 856. The zero-order valence-electron chi connectivity index (χ0n) is 15.5. The Hall–Kier alpha value is -2.40. The molecule has 1 fully saturated rings. The Morgan fingerprint density at radius 1 is 1.31 bits per heavy atom. The summed E-state index contributed by atoms with van der Waals surface area (Å²) in [6.45, 7) is 0.693. The molecular formula is C18H21F3N2O5S. The average molecular weight is 434 g/mol. The number of methoxy groups -OCH3 is 1. The fraction of sp³-hybridized carbons (Fsp3) is 0.500. The predicted molar refractivity (Wildman–Crippen MR) is 100 cm³/mol. The smallest absolute Gasteiger partial charge is 0.490 e. The summed E-state index contributed by atoms with van der Waals surface area (Å²) in [7, 11) is 1.65. The van der Waals surface area contributed by atoms with Crippen molar-refractivity contribution in [3.63, 3.8) is 0 Å². The van der Waals surface area contributed by atoms with Gasteiger partial charge in [0.1, 0.15) is 10.8 Å². The number of hydrogen-bond acceptors (Lipinski definition) is 6. The molecule has 0 radical (unpaired) electrons. The van der Waals surface area contributed by atoms with E-state index >= 15 is 0 Å². The third-order valence-electron chi connectivity index (χ3n) is 4.45. The number of hydrogen-bond donors (Lipinski definition) is 3. The lowest BCUT2D eigenvalue weighted by molar-refractivity contribution is -0.192. The number of carbonyl (C=O) groups is 2. The maximum Gasteiger partial charge on any atom is 0.490 e. The molecule has 2 atom stereocenters. The van der Waals surface area contributed by atoms with Crippen molar-refractivity contribution in [1.29, 1.82) is 0 Å². The second kappa shape index (κ2) is 9.88. The van der Waals surface area contributed by atoms with Crippen LogP contribution in [0, 0.1) is 5.92 Å². The van der Waals surface area contributed by atoms with Gasteiger partial charge in [0.2, 0.25) is 0 Å². The van der Waals surface area contributed by atoms with Gasteiger partial charge in [-0.3, -0.25) is 4.79 Å². The highest BCUT2D eigenvalue weighted by Crippen LogP contribution is 2.27. The van der Waals surface area contributed by atoms with Crippen LogP contribution in [0.1, 0.15) is 30.7 Å². The summed E-state index contributed by atoms with van der Waals surface area (Å²) in [5.74, 6) is -2.81. The van der Waals surface area contributed by atoms with E-state index in [1.165, 1.54) is 0 Å². The van der Waals surface area contributed by atoms with Gasteiger partial charge in [-0.25, -0.2) is 9.78 Å². The Morgan fingerprint density at radius 3 is 2.59 bits per heavy atom. The molecule has 3 rings (SSSR count). The van der Waals surface area contributed by atoms with E-state index < -0.39 is 18.1 Å². The second-order valence-corrected chi connectivity index (χ2v) is 7.64. The van der Waals surface area contributed by atoms with E-state index in [9.17, 15) is 18.0 Å². The molecular weight excluding hydrogens is 413 g/mol. The Kier molecular flexibility index (Phi) is 7.80. The predicted octanol–water partition coefficient (Wildman–Crippen LogP) is 3.67. The minimum atomic E-state index is -5.08. The first-order chi connectivity index (χ1) is 13.6. The van der Waals surface area contributed by atoms with Crippen LogP contribution in [0.25, 0.3) is 10.2 Å². The van der Waals surface area contributed by atoms with Crippen molar-refractivity contribution in [3.8, 4) is 5.75 Å². The van der Waals surface area contributed by atoms with Gasteiger partial charge in [0, 0.05) is 18.7 Å². The molecule has 1 heterocycles. The molecule has 0 amide bonds. The van der Waals surface area contributed by atoms with Crippen LogP contribution in [0.4, 0.5) is 13.2 Å². The summed E-state index contributed by atoms with van der Waals surface area (Å²) in [5, 5.41) is 20.8. The number of halogens is 3. The summed E-state index contributed by atoms with van der Waals surface area (Å²) < 4.78 is 38.1. The van der Waals surface area contributed by atoms with E-state index in [4.69, 9.17) is 19.7 Å². The van der Waals surface area contributed by atoms with Crippen molar-refractivity contribution in [2.24, 2.45) is 5.92 Å². The number of thiazole rings is 1. The summed E-state index contributed by atoms with van der Waals surface area (Å²) in [5.41, 5.74) is 0.952. The number of nitrogens with one attached hydrogen (secondary N) is 1. The zero-order chi connectivity index (χ0) is 21.6. The standard InChI is InChI=1S/C16H20N2O3S.C2HF3O2/c1-21-12-5-6-14-13(8-12)18-15(22-14)9-17-11-4-2-3-10(7-11)16(19)20;3-2(4,5)1(6)7/h5-6,8,10-11,17H,2-4,7,9H2,1H3,(H,19,20);(H,6,7)/t10-,11+;/m0./s1. The van der Waals surface area contributed by atoms with E-state index in [1.54, 1.807) is 18.4 Å². The van der Waals surface area contributed by atoms with Gasteiger partial charge in [0.15, 0.2) is 0 Å². The first kappa shape index (κ1) is 22.9. The lowest BCUT2D eigenvalue weighted by Gasteiger charge is -2.27. The van der Waals surface area contributed by atoms with Crippen molar-refractivity contribution in [2.45, 2.75) is 44.4 Å². The molecule has 2 aromatic rings. The van der Waals surface area contributed by atoms with Crippen LogP contribution in [-0.4, -0.2) is 46.5 Å². The second-order valence-electron chi connectivity index (χ2n) is 6.52. The summed E-state index contributed by atoms with van der Waals surface area (Å²) in [4.78, 5) is 24.6. The van der Waals surface area contributed by atoms with Crippen molar-refractivity contribution >= 4 is 33.5 Å². The molecule has 160 valence electrons. The third-order valence-corrected chi connectivity index (χ3v) is 5.48. The van der Waals surface area contributed by atoms with E-state index in [0.29, 0.717) is 13.0 Å². The van der Waals surface area contributed by atoms with Crippen LogP contribution in [0.2, 0.25) is 0 Å². The van der Waals surface area contributed by atoms with Crippen LogP contribution >= 0.6 is 11.3 Å². The largest absolute Gasteiger partial charge is 0.497 e. The van der Waals surface area contributed by atoms with E-state index in [1.807, 2.05) is 18.2 Å². The van der Waals surface area contributed by atoms with Gasteiger partial charge < -0.3 is 20.3 Å². The minimum Gasteiger partial charge on any atom is -0.497 e. The molecule has 0 aliphatic heterocycles. The normalized spacial score (nSPS) is 19.3. The number of fused-ring (bicyclic) bond motifs is 1. The molecule has 0 bridgehead atoms. The van der Waals surface area contributed by atoms with Gasteiger partial charge in [0.05, 0.1) is 23.2 Å². The Morgan fingerprint density at radius 2 is 2.00 bits per heavy atom. The number of aromatic nitrogens is 1. The monoisotopic (exact) mass is 434 g/mol. The van der Waals surface area contributed by atoms with Gasteiger partial charge in [-0.1, -0.05) is 6.42 Å². The van der Waals surface area contributed by atoms with Gasteiger partial charge in [-0.05, 0) is 31.4 Å². The highest BCUT2D eigenvalue weighted by atomic mass is 32.1.